The lowest BCUT2D eigenvalue weighted by Crippen LogP contribution is -2.29. The van der Waals surface area contributed by atoms with Crippen LogP contribution in [-0.2, 0) is 6.54 Å². The van der Waals surface area contributed by atoms with Crippen molar-refractivity contribution < 1.29 is 9.84 Å². The maximum atomic E-state index is 10.5. The molecule has 0 saturated heterocycles. The van der Waals surface area contributed by atoms with E-state index in [2.05, 4.69) is 47.1 Å². The smallest absolute Gasteiger partial charge is 0.165 e. The standard InChI is InChI=1S/C23H23ClN2O2/c1-16(17-5-3-2-4-6-17)14-26-9-10-28-23-19(15-26)11-18(12-22(23)27)21-8-7-20(24)13-25-21/h2-8,11-13,16,27H,9-10,14-15H2,1H3/t16-/m0/s1. The van der Waals surface area contributed by atoms with E-state index in [1.54, 1.807) is 18.3 Å². The third kappa shape index (κ3) is 4.13. The zero-order valence-electron chi connectivity index (χ0n) is 15.8. The number of halogens is 1. The highest BCUT2D eigenvalue weighted by molar-refractivity contribution is 6.30. The summed E-state index contributed by atoms with van der Waals surface area (Å²) in [7, 11) is 0. The summed E-state index contributed by atoms with van der Waals surface area (Å²) < 4.78 is 5.87. The molecular formula is C23H23ClN2O2. The summed E-state index contributed by atoms with van der Waals surface area (Å²) in [5.41, 5.74) is 3.93. The molecule has 28 heavy (non-hydrogen) atoms. The van der Waals surface area contributed by atoms with Gasteiger partial charge in [-0.15, -0.1) is 0 Å². The Kier molecular flexibility index (Phi) is 5.51. The van der Waals surface area contributed by atoms with Crippen molar-refractivity contribution in [3.05, 3.63) is 76.9 Å². The number of fused-ring (bicyclic) bond motifs is 1. The lowest BCUT2D eigenvalue weighted by atomic mass is 10.00. The first-order chi connectivity index (χ1) is 13.6. The number of hydrogen-bond donors (Lipinski definition) is 1. The normalized spacial score (nSPS) is 15.4. The fourth-order valence-electron chi connectivity index (χ4n) is 3.68. The highest BCUT2D eigenvalue weighted by Crippen LogP contribution is 2.37. The van der Waals surface area contributed by atoms with Crippen LogP contribution in [0.15, 0.2) is 60.8 Å². The number of phenols is 1. The van der Waals surface area contributed by atoms with Gasteiger partial charge in [0.2, 0.25) is 0 Å². The number of pyridine rings is 1. The Hall–Kier alpha value is -2.56. The summed E-state index contributed by atoms with van der Waals surface area (Å²) in [5.74, 6) is 1.15. The SMILES string of the molecule is C[C@@H](CN1CCOc2c(O)cc(-c3ccc(Cl)cn3)cc2C1)c1ccccc1. The van der Waals surface area contributed by atoms with Crippen LogP contribution in [0.3, 0.4) is 0 Å². The van der Waals surface area contributed by atoms with Gasteiger partial charge in [0, 0.05) is 37.0 Å². The molecule has 3 aromatic rings. The molecule has 0 radical (unpaired) electrons. The molecule has 1 atom stereocenters. The van der Waals surface area contributed by atoms with E-state index in [4.69, 9.17) is 16.3 Å². The topological polar surface area (TPSA) is 45.6 Å². The Morgan fingerprint density at radius 2 is 2.00 bits per heavy atom. The first kappa shape index (κ1) is 18.8. The summed E-state index contributed by atoms with van der Waals surface area (Å²) in [6.07, 6.45) is 1.62. The highest BCUT2D eigenvalue weighted by atomic mass is 35.5. The van der Waals surface area contributed by atoms with Gasteiger partial charge in [-0.05, 0) is 35.7 Å². The molecule has 4 nitrogen and oxygen atoms in total. The fraction of sp³-hybridized carbons (Fsp3) is 0.261. The van der Waals surface area contributed by atoms with Crippen LogP contribution in [0.2, 0.25) is 5.02 Å². The van der Waals surface area contributed by atoms with Crippen molar-refractivity contribution in [2.75, 3.05) is 19.7 Å². The van der Waals surface area contributed by atoms with Crippen molar-refractivity contribution in [1.29, 1.82) is 0 Å². The van der Waals surface area contributed by atoms with E-state index in [0.717, 1.165) is 36.5 Å². The van der Waals surface area contributed by atoms with E-state index in [1.807, 2.05) is 12.1 Å². The minimum atomic E-state index is 0.155. The largest absolute Gasteiger partial charge is 0.504 e. The molecule has 2 heterocycles. The van der Waals surface area contributed by atoms with Gasteiger partial charge in [-0.1, -0.05) is 48.9 Å². The molecule has 0 saturated carbocycles. The molecular weight excluding hydrogens is 372 g/mol. The Bertz CT molecular complexity index is 945. The predicted molar refractivity (Wildman–Crippen MR) is 112 cm³/mol. The van der Waals surface area contributed by atoms with E-state index < -0.39 is 0 Å². The summed E-state index contributed by atoms with van der Waals surface area (Å²) in [4.78, 5) is 6.75. The number of aromatic nitrogens is 1. The Morgan fingerprint density at radius 1 is 1.18 bits per heavy atom. The molecule has 0 fully saturated rings. The number of aromatic hydroxyl groups is 1. The van der Waals surface area contributed by atoms with E-state index >= 15 is 0 Å². The first-order valence-corrected chi connectivity index (χ1v) is 9.86. The molecule has 1 aliphatic heterocycles. The maximum absolute atomic E-state index is 10.5. The number of phenolic OH excluding ortho intramolecular Hbond substituents is 1. The maximum Gasteiger partial charge on any atom is 0.165 e. The van der Waals surface area contributed by atoms with E-state index in [0.29, 0.717) is 23.3 Å². The van der Waals surface area contributed by atoms with Gasteiger partial charge in [0.05, 0.1) is 10.7 Å². The minimum absolute atomic E-state index is 0.155. The van der Waals surface area contributed by atoms with Gasteiger partial charge < -0.3 is 9.84 Å². The van der Waals surface area contributed by atoms with Crippen molar-refractivity contribution in [1.82, 2.24) is 9.88 Å². The Labute approximate surface area is 170 Å². The van der Waals surface area contributed by atoms with Crippen molar-refractivity contribution in [3.8, 4) is 22.8 Å². The van der Waals surface area contributed by atoms with Gasteiger partial charge in [0.25, 0.3) is 0 Å². The number of ether oxygens (including phenoxy) is 1. The lowest BCUT2D eigenvalue weighted by Gasteiger charge is -2.24. The first-order valence-electron chi connectivity index (χ1n) is 9.48. The average molecular weight is 395 g/mol. The Balaban J connectivity index is 1.58. The van der Waals surface area contributed by atoms with Crippen molar-refractivity contribution in [3.63, 3.8) is 0 Å². The van der Waals surface area contributed by atoms with Gasteiger partial charge in [-0.25, -0.2) is 0 Å². The number of nitrogens with zero attached hydrogens (tertiary/aromatic N) is 2. The van der Waals surface area contributed by atoms with E-state index in [-0.39, 0.29) is 5.75 Å². The quantitative estimate of drug-likeness (QED) is 0.668. The molecule has 0 unspecified atom stereocenters. The van der Waals surface area contributed by atoms with Crippen LogP contribution in [0.1, 0.15) is 24.0 Å². The van der Waals surface area contributed by atoms with Gasteiger partial charge in [-0.2, -0.15) is 0 Å². The zero-order valence-corrected chi connectivity index (χ0v) is 16.6. The molecule has 0 amide bonds. The second-order valence-corrected chi connectivity index (χ2v) is 7.68. The molecule has 144 valence electrons. The summed E-state index contributed by atoms with van der Waals surface area (Å²) >= 11 is 5.95. The van der Waals surface area contributed by atoms with Gasteiger partial charge in [-0.3, -0.25) is 9.88 Å². The molecule has 1 aromatic heterocycles. The summed E-state index contributed by atoms with van der Waals surface area (Å²) in [6.45, 7) is 5.27. The number of rotatable bonds is 4. The highest BCUT2D eigenvalue weighted by Gasteiger charge is 2.21. The molecule has 2 aromatic carbocycles. The average Bonchev–Trinajstić information content (AvgIpc) is 2.91. The van der Waals surface area contributed by atoms with Crippen molar-refractivity contribution in [2.24, 2.45) is 0 Å². The predicted octanol–water partition coefficient (Wildman–Crippen LogP) is 5.11. The van der Waals surface area contributed by atoms with Crippen LogP contribution in [0.4, 0.5) is 0 Å². The van der Waals surface area contributed by atoms with Crippen LogP contribution >= 0.6 is 11.6 Å². The van der Waals surface area contributed by atoms with Gasteiger partial charge >= 0.3 is 0 Å². The number of hydrogen-bond acceptors (Lipinski definition) is 4. The third-order valence-corrected chi connectivity index (χ3v) is 5.34. The second-order valence-electron chi connectivity index (χ2n) is 7.24. The molecule has 5 heteroatoms. The molecule has 0 aliphatic carbocycles. The van der Waals surface area contributed by atoms with Crippen molar-refractivity contribution in [2.45, 2.75) is 19.4 Å². The number of benzene rings is 2. The summed E-state index contributed by atoms with van der Waals surface area (Å²) in [5, 5.41) is 11.1. The third-order valence-electron chi connectivity index (χ3n) is 5.12. The van der Waals surface area contributed by atoms with Crippen LogP contribution in [0.25, 0.3) is 11.3 Å². The fourth-order valence-corrected chi connectivity index (χ4v) is 3.79. The van der Waals surface area contributed by atoms with Crippen LogP contribution in [0.5, 0.6) is 11.5 Å². The monoisotopic (exact) mass is 394 g/mol. The van der Waals surface area contributed by atoms with Gasteiger partial charge in [0.1, 0.15) is 6.61 Å². The molecule has 0 bridgehead atoms. The molecule has 4 rings (SSSR count). The molecule has 1 aliphatic rings. The lowest BCUT2D eigenvalue weighted by molar-refractivity contribution is 0.216. The minimum Gasteiger partial charge on any atom is -0.504 e. The van der Waals surface area contributed by atoms with Crippen LogP contribution in [-0.4, -0.2) is 34.7 Å². The van der Waals surface area contributed by atoms with Crippen LogP contribution < -0.4 is 4.74 Å². The molecule has 1 N–H and O–H groups in total. The van der Waals surface area contributed by atoms with E-state index in [1.165, 1.54) is 5.56 Å². The zero-order chi connectivity index (χ0) is 19.5. The van der Waals surface area contributed by atoms with Crippen molar-refractivity contribution >= 4 is 11.6 Å². The second kappa shape index (κ2) is 8.21. The Morgan fingerprint density at radius 3 is 2.75 bits per heavy atom. The van der Waals surface area contributed by atoms with E-state index in [9.17, 15) is 5.11 Å². The molecule has 0 spiro atoms. The summed E-state index contributed by atoms with van der Waals surface area (Å²) in [6, 6.07) is 18.0. The van der Waals surface area contributed by atoms with Crippen LogP contribution in [0, 0.1) is 0 Å². The van der Waals surface area contributed by atoms with Gasteiger partial charge in [0.15, 0.2) is 11.5 Å².